The Morgan fingerprint density at radius 3 is 2.70 bits per heavy atom. The summed E-state index contributed by atoms with van der Waals surface area (Å²) in [5, 5.41) is 4.76. The Bertz CT molecular complexity index is 1110. The van der Waals surface area contributed by atoms with E-state index in [9.17, 15) is 14.0 Å². The zero-order valence-corrected chi connectivity index (χ0v) is 17.5. The highest BCUT2D eigenvalue weighted by Crippen LogP contribution is 2.31. The Morgan fingerprint density at radius 1 is 1.23 bits per heavy atom. The lowest BCUT2D eigenvalue weighted by Crippen LogP contribution is -2.23. The third-order valence-corrected chi connectivity index (χ3v) is 4.97. The van der Waals surface area contributed by atoms with Crippen LogP contribution in [0.1, 0.15) is 18.2 Å². The third kappa shape index (κ3) is 4.90. The average Bonchev–Trinajstić information content (AvgIpc) is 3.16. The van der Waals surface area contributed by atoms with Crippen LogP contribution in [0.15, 0.2) is 53.9 Å². The molecule has 0 spiro atoms. The summed E-state index contributed by atoms with van der Waals surface area (Å²) in [5.41, 5.74) is 2.15. The molecular formula is C22H20FN3O3S. The first kappa shape index (κ1) is 21.2. The van der Waals surface area contributed by atoms with E-state index in [1.807, 2.05) is 19.1 Å². The summed E-state index contributed by atoms with van der Waals surface area (Å²) in [5.74, 6) is -0.688. The Kier molecular flexibility index (Phi) is 6.58. The zero-order chi connectivity index (χ0) is 21.7. The number of carbonyl (C=O) groups is 2. The number of hydrogen-bond donors (Lipinski definition) is 1. The summed E-state index contributed by atoms with van der Waals surface area (Å²) in [7, 11) is 1.53. The second kappa shape index (κ2) is 9.32. The van der Waals surface area contributed by atoms with Gasteiger partial charge in [-0.2, -0.15) is 0 Å². The van der Waals surface area contributed by atoms with Crippen LogP contribution in [0.3, 0.4) is 0 Å². The topological polar surface area (TPSA) is 71.5 Å². The molecule has 1 aromatic heterocycles. The Labute approximate surface area is 177 Å². The van der Waals surface area contributed by atoms with E-state index in [1.54, 1.807) is 23.6 Å². The highest BCUT2D eigenvalue weighted by atomic mass is 32.1. The van der Waals surface area contributed by atoms with Crippen molar-refractivity contribution in [1.29, 1.82) is 0 Å². The van der Waals surface area contributed by atoms with Gasteiger partial charge < -0.3 is 10.1 Å². The summed E-state index contributed by atoms with van der Waals surface area (Å²) >= 11 is 1.18. The van der Waals surface area contributed by atoms with Gasteiger partial charge in [-0.1, -0.05) is 18.2 Å². The number of para-hydroxylation sites is 1. The van der Waals surface area contributed by atoms with Crippen molar-refractivity contribution in [2.75, 3.05) is 17.3 Å². The predicted molar refractivity (Wildman–Crippen MR) is 117 cm³/mol. The number of amides is 2. The maximum atomic E-state index is 14.1. The lowest BCUT2D eigenvalue weighted by atomic mass is 10.2. The second-order valence-electron chi connectivity index (χ2n) is 6.39. The maximum Gasteiger partial charge on any atom is 0.248 e. The number of aromatic nitrogens is 1. The van der Waals surface area contributed by atoms with Crippen LogP contribution in [0, 0.1) is 12.7 Å². The van der Waals surface area contributed by atoms with E-state index < -0.39 is 5.82 Å². The molecule has 8 heteroatoms. The number of methoxy groups -OCH3 is 1. The van der Waals surface area contributed by atoms with E-state index in [0.29, 0.717) is 22.3 Å². The Balaban J connectivity index is 1.77. The molecule has 0 aliphatic heterocycles. The zero-order valence-electron chi connectivity index (χ0n) is 16.7. The lowest BCUT2D eigenvalue weighted by molar-refractivity contribution is -0.116. The number of rotatable bonds is 6. The van der Waals surface area contributed by atoms with Gasteiger partial charge in [-0.05, 0) is 42.8 Å². The summed E-state index contributed by atoms with van der Waals surface area (Å²) < 4.78 is 19.4. The number of ether oxygens (including phenoxy) is 1. The molecule has 6 nitrogen and oxygen atoms in total. The molecule has 0 fully saturated rings. The molecule has 2 amide bonds. The van der Waals surface area contributed by atoms with E-state index in [4.69, 9.17) is 4.74 Å². The molecule has 0 saturated carbocycles. The fourth-order valence-corrected chi connectivity index (χ4v) is 3.60. The number of aryl methyl sites for hydroxylation is 1. The number of halogens is 1. The van der Waals surface area contributed by atoms with E-state index in [2.05, 4.69) is 10.3 Å². The molecule has 154 valence electrons. The van der Waals surface area contributed by atoms with Crippen LogP contribution in [-0.2, 0) is 9.59 Å². The molecule has 30 heavy (non-hydrogen) atoms. The average molecular weight is 425 g/mol. The van der Waals surface area contributed by atoms with Crippen molar-refractivity contribution in [2.24, 2.45) is 0 Å². The largest absolute Gasteiger partial charge is 0.495 e. The molecule has 0 bridgehead atoms. The van der Waals surface area contributed by atoms with Gasteiger partial charge in [-0.3, -0.25) is 14.5 Å². The second-order valence-corrected chi connectivity index (χ2v) is 7.22. The van der Waals surface area contributed by atoms with Gasteiger partial charge in [-0.15, -0.1) is 11.3 Å². The van der Waals surface area contributed by atoms with Crippen molar-refractivity contribution in [3.63, 3.8) is 0 Å². The van der Waals surface area contributed by atoms with Gasteiger partial charge in [0.25, 0.3) is 0 Å². The van der Waals surface area contributed by atoms with Crippen LogP contribution < -0.4 is 15.0 Å². The fraction of sp³-hybridized carbons (Fsp3) is 0.136. The van der Waals surface area contributed by atoms with Crippen LogP contribution in [0.5, 0.6) is 5.75 Å². The smallest absolute Gasteiger partial charge is 0.248 e. The number of hydrogen-bond acceptors (Lipinski definition) is 5. The number of anilines is 3. The van der Waals surface area contributed by atoms with Crippen LogP contribution in [0.25, 0.3) is 6.08 Å². The first-order chi connectivity index (χ1) is 14.4. The molecule has 0 aliphatic carbocycles. The first-order valence-corrected chi connectivity index (χ1v) is 9.91. The van der Waals surface area contributed by atoms with Gasteiger partial charge in [0, 0.05) is 18.4 Å². The van der Waals surface area contributed by atoms with Crippen molar-refractivity contribution < 1.29 is 18.7 Å². The van der Waals surface area contributed by atoms with Crippen molar-refractivity contribution in [3.05, 3.63) is 71.0 Å². The fourth-order valence-electron chi connectivity index (χ4n) is 2.75. The van der Waals surface area contributed by atoms with E-state index >= 15 is 0 Å². The quantitative estimate of drug-likeness (QED) is 0.568. The molecule has 0 atom stereocenters. The molecule has 0 aliphatic rings. The summed E-state index contributed by atoms with van der Waals surface area (Å²) in [6.45, 7) is 3.25. The minimum Gasteiger partial charge on any atom is -0.495 e. The molecule has 1 N–H and O–H groups in total. The highest BCUT2D eigenvalue weighted by molar-refractivity contribution is 7.14. The monoisotopic (exact) mass is 425 g/mol. The Hall–Kier alpha value is -3.52. The molecule has 0 saturated heterocycles. The van der Waals surface area contributed by atoms with Gasteiger partial charge in [-0.25, -0.2) is 9.37 Å². The van der Waals surface area contributed by atoms with Crippen molar-refractivity contribution in [3.8, 4) is 5.75 Å². The van der Waals surface area contributed by atoms with Gasteiger partial charge in [0.1, 0.15) is 11.6 Å². The summed E-state index contributed by atoms with van der Waals surface area (Å²) in [6.07, 6.45) is 2.86. The number of carbonyl (C=O) groups excluding carboxylic acids is 2. The van der Waals surface area contributed by atoms with E-state index in [1.165, 1.54) is 54.6 Å². The maximum absolute atomic E-state index is 14.1. The van der Waals surface area contributed by atoms with Crippen LogP contribution in [0.2, 0.25) is 0 Å². The normalized spacial score (nSPS) is 10.8. The Morgan fingerprint density at radius 2 is 2.00 bits per heavy atom. The number of thiazole rings is 1. The van der Waals surface area contributed by atoms with Crippen molar-refractivity contribution in [1.82, 2.24) is 4.98 Å². The first-order valence-electron chi connectivity index (χ1n) is 9.03. The third-order valence-electron chi connectivity index (χ3n) is 4.13. The molecule has 3 aromatic rings. The SMILES string of the molecule is COc1ccc(C)cc1NC(=O)/C=C/c1csc(N(C(C)=O)c2ccccc2F)n1. The van der Waals surface area contributed by atoms with E-state index in [-0.39, 0.29) is 17.5 Å². The van der Waals surface area contributed by atoms with Crippen molar-refractivity contribution in [2.45, 2.75) is 13.8 Å². The van der Waals surface area contributed by atoms with Crippen LogP contribution >= 0.6 is 11.3 Å². The summed E-state index contributed by atoms with van der Waals surface area (Å²) in [4.78, 5) is 29.9. The number of nitrogens with one attached hydrogen (secondary N) is 1. The van der Waals surface area contributed by atoms with Crippen LogP contribution in [-0.4, -0.2) is 23.9 Å². The minimum atomic E-state index is -0.522. The lowest BCUT2D eigenvalue weighted by Gasteiger charge is -2.18. The van der Waals surface area contributed by atoms with Gasteiger partial charge in [0.05, 0.1) is 24.2 Å². The van der Waals surface area contributed by atoms with Gasteiger partial charge in [0.15, 0.2) is 5.13 Å². The standard InChI is InChI=1S/C22H20FN3O3S/c1-14-8-10-20(29-3)18(12-14)25-21(28)11-9-16-13-30-22(24-16)26(15(2)27)19-7-5-4-6-17(19)23/h4-13H,1-3H3,(H,25,28)/b11-9+. The minimum absolute atomic E-state index is 0.124. The summed E-state index contributed by atoms with van der Waals surface area (Å²) in [6, 6.07) is 11.5. The molecule has 3 rings (SSSR count). The number of benzene rings is 2. The highest BCUT2D eigenvalue weighted by Gasteiger charge is 2.20. The molecule has 0 radical (unpaired) electrons. The predicted octanol–water partition coefficient (Wildman–Crippen LogP) is 4.94. The van der Waals surface area contributed by atoms with Gasteiger partial charge >= 0.3 is 0 Å². The molecule has 1 heterocycles. The number of nitrogens with zero attached hydrogens (tertiary/aromatic N) is 2. The molecular weight excluding hydrogens is 405 g/mol. The van der Waals surface area contributed by atoms with Crippen LogP contribution in [0.4, 0.5) is 20.9 Å². The molecule has 2 aromatic carbocycles. The van der Waals surface area contributed by atoms with E-state index in [0.717, 1.165) is 5.56 Å². The molecule has 0 unspecified atom stereocenters. The van der Waals surface area contributed by atoms with Gasteiger partial charge in [0.2, 0.25) is 11.8 Å². The van der Waals surface area contributed by atoms with Crippen molar-refractivity contribution >= 4 is 45.7 Å².